The van der Waals surface area contributed by atoms with E-state index in [2.05, 4.69) is 12.3 Å². The van der Waals surface area contributed by atoms with Gasteiger partial charge < -0.3 is 0 Å². The molecule has 0 spiro atoms. The Bertz CT molecular complexity index is 166. The molecule has 0 heterocycles. The summed E-state index contributed by atoms with van der Waals surface area (Å²) in [6.07, 6.45) is 16.8. The predicted octanol–water partition coefficient (Wildman–Crippen LogP) is 4.15. The van der Waals surface area contributed by atoms with Crippen molar-refractivity contribution in [2.24, 2.45) is 11.8 Å². The van der Waals surface area contributed by atoms with Crippen molar-refractivity contribution >= 4 is 0 Å². The van der Waals surface area contributed by atoms with Crippen molar-refractivity contribution in [3.63, 3.8) is 0 Å². The highest BCUT2D eigenvalue weighted by Crippen LogP contribution is 2.34. The van der Waals surface area contributed by atoms with Crippen LogP contribution in [0.5, 0.6) is 0 Å². The van der Waals surface area contributed by atoms with Crippen molar-refractivity contribution in [2.45, 2.75) is 90.0 Å². The largest absolute Gasteiger partial charge is 0.271 e. The molecule has 0 radical (unpaired) electrons. The third-order valence-corrected chi connectivity index (χ3v) is 4.02. The summed E-state index contributed by atoms with van der Waals surface area (Å²) in [5.41, 5.74) is 2.99. The third-order valence-electron chi connectivity index (χ3n) is 4.02. The lowest BCUT2D eigenvalue weighted by molar-refractivity contribution is 0.422. The standard InChI is InChI=1S/C15H32N2/c1-2-3-4-5-6-7-8-9-10-11-15(17-16)14-12-13-14/h14-15,17H,2-13,16H2,1H3. The SMILES string of the molecule is CCCCCCCCCCCC(NN)C1CC1. The molecule has 0 aromatic rings. The van der Waals surface area contributed by atoms with Crippen molar-refractivity contribution in [3.8, 4) is 0 Å². The Labute approximate surface area is 108 Å². The van der Waals surface area contributed by atoms with Crippen LogP contribution in [0, 0.1) is 5.92 Å². The second kappa shape index (κ2) is 9.90. The Hall–Kier alpha value is -0.0800. The van der Waals surface area contributed by atoms with E-state index in [1.54, 1.807) is 0 Å². The first-order valence-corrected chi connectivity index (χ1v) is 7.84. The highest BCUT2D eigenvalue weighted by molar-refractivity contribution is 4.84. The van der Waals surface area contributed by atoms with E-state index in [1.807, 2.05) is 0 Å². The van der Waals surface area contributed by atoms with Gasteiger partial charge in [-0.3, -0.25) is 11.3 Å². The van der Waals surface area contributed by atoms with Crippen molar-refractivity contribution in [1.29, 1.82) is 0 Å². The van der Waals surface area contributed by atoms with Crippen LogP contribution in [0.2, 0.25) is 0 Å². The van der Waals surface area contributed by atoms with Gasteiger partial charge in [0.15, 0.2) is 0 Å². The van der Waals surface area contributed by atoms with E-state index in [-0.39, 0.29) is 0 Å². The first-order valence-electron chi connectivity index (χ1n) is 7.84. The fraction of sp³-hybridized carbons (Fsp3) is 1.00. The topological polar surface area (TPSA) is 38.0 Å². The van der Waals surface area contributed by atoms with Crippen molar-refractivity contribution in [2.75, 3.05) is 0 Å². The highest BCUT2D eigenvalue weighted by atomic mass is 15.2. The lowest BCUT2D eigenvalue weighted by Crippen LogP contribution is -2.36. The van der Waals surface area contributed by atoms with Gasteiger partial charge in [-0.25, -0.2) is 0 Å². The van der Waals surface area contributed by atoms with E-state index in [9.17, 15) is 0 Å². The minimum Gasteiger partial charge on any atom is -0.271 e. The average molecular weight is 240 g/mol. The van der Waals surface area contributed by atoms with Crippen LogP contribution in [0.25, 0.3) is 0 Å². The summed E-state index contributed by atoms with van der Waals surface area (Å²) in [5.74, 6) is 6.47. The van der Waals surface area contributed by atoms with Gasteiger partial charge in [-0.05, 0) is 25.2 Å². The molecule has 1 atom stereocenters. The van der Waals surface area contributed by atoms with Crippen LogP contribution in [0.1, 0.15) is 84.0 Å². The van der Waals surface area contributed by atoms with Gasteiger partial charge in [-0.1, -0.05) is 64.7 Å². The molecule has 0 saturated heterocycles. The fourth-order valence-electron chi connectivity index (χ4n) is 2.63. The Morgan fingerprint density at radius 3 is 1.94 bits per heavy atom. The molecular formula is C15H32N2. The number of nitrogens with two attached hydrogens (primary N) is 1. The Kier molecular flexibility index (Phi) is 8.72. The van der Waals surface area contributed by atoms with Crippen LogP contribution in [-0.2, 0) is 0 Å². The van der Waals surface area contributed by atoms with Crippen molar-refractivity contribution < 1.29 is 0 Å². The Morgan fingerprint density at radius 2 is 1.47 bits per heavy atom. The molecule has 17 heavy (non-hydrogen) atoms. The number of hydrogen-bond acceptors (Lipinski definition) is 2. The second-order valence-corrected chi connectivity index (χ2v) is 5.73. The average Bonchev–Trinajstić information content (AvgIpc) is 3.16. The lowest BCUT2D eigenvalue weighted by Gasteiger charge is -2.14. The van der Waals surface area contributed by atoms with Gasteiger partial charge in [0.05, 0.1) is 0 Å². The second-order valence-electron chi connectivity index (χ2n) is 5.73. The quantitative estimate of drug-likeness (QED) is 0.305. The third kappa shape index (κ3) is 7.77. The monoisotopic (exact) mass is 240 g/mol. The van der Waals surface area contributed by atoms with E-state index in [0.29, 0.717) is 6.04 Å². The van der Waals surface area contributed by atoms with E-state index in [1.165, 1.54) is 77.0 Å². The fourth-order valence-corrected chi connectivity index (χ4v) is 2.63. The molecule has 102 valence electrons. The summed E-state index contributed by atoms with van der Waals surface area (Å²) < 4.78 is 0. The molecule has 0 aromatic carbocycles. The van der Waals surface area contributed by atoms with Crippen LogP contribution in [0.3, 0.4) is 0 Å². The molecular weight excluding hydrogens is 208 g/mol. The summed E-state index contributed by atoms with van der Waals surface area (Å²) in [4.78, 5) is 0. The molecule has 0 bridgehead atoms. The van der Waals surface area contributed by atoms with Crippen LogP contribution < -0.4 is 11.3 Å². The summed E-state index contributed by atoms with van der Waals surface area (Å²) >= 11 is 0. The Balaban J connectivity index is 1.77. The summed E-state index contributed by atoms with van der Waals surface area (Å²) in [6, 6.07) is 0.611. The van der Waals surface area contributed by atoms with Crippen LogP contribution >= 0.6 is 0 Å². The normalized spacial score (nSPS) is 17.3. The smallest absolute Gasteiger partial charge is 0.0238 e. The van der Waals surface area contributed by atoms with Crippen LogP contribution in [0.15, 0.2) is 0 Å². The first-order chi connectivity index (χ1) is 8.38. The molecule has 3 N–H and O–H groups in total. The zero-order chi connectivity index (χ0) is 12.3. The number of nitrogens with one attached hydrogen (secondary N) is 1. The molecule has 0 amide bonds. The van der Waals surface area contributed by atoms with Gasteiger partial charge in [-0.2, -0.15) is 0 Å². The predicted molar refractivity (Wildman–Crippen MR) is 75.7 cm³/mol. The molecule has 0 aliphatic heterocycles. The van der Waals surface area contributed by atoms with Gasteiger partial charge in [0.1, 0.15) is 0 Å². The number of hydrazine groups is 1. The number of rotatable bonds is 12. The molecule has 1 saturated carbocycles. The van der Waals surface area contributed by atoms with Gasteiger partial charge in [0.25, 0.3) is 0 Å². The minimum absolute atomic E-state index is 0.611. The van der Waals surface area contributed by atoms with E-state index in [4.69, 9.17) is 5.84 Å². The number of unbranched alkanes of at least 4 members (excludes halogenated alkanes) is 8. The van der Waals surface area contributed by atoms with Gasteiger partial charge in [-0.15, -0.1) is 0 Å². The zero-order valence-corrected chi connectivity index (χ0v) is 11.7. The molecule has 1 rings (SSSR count). The summed E-state index contributed by atoms with van der Waals surface area (Å²) in [6.45, 7) is 2.28. The maximum Gasteiger partial charge on any atom is 0.0238 e. The molecule has 2 heteroatoms. The molecule has 1 unspecified atom stereocenters. The first kappa shape index (κ1) is 15.0. The molecule has 1 aliphatic rings. The van der Waals surface area contributed by atoms with Gasteiger partial charge >= 0.3 is 0 Å². The van der Waals surface area contributed by atoms with Crippen molar-refractivity contribution in [1.82, 2.24) is 5.43 Å². The van der Waals surface area contributed by atoms with Gasteiger partial charge in [0.2, 0.25) is 0 Å². The maximum atomic E-state index is 5.57. The van der Waals surface area contributed by atoms with Crippen LogP contribution in [-0.4, -0.2) is 6.04 Å². The minimum atomic E-state index is 0.611. The van der Waals surface area contributed by atoms with Crippen molar-refractivity contribution in [3.05, 3.63) is 0 Å². The summed E-state index contributed by atoms with van der Waals surface area (Å²) in [5, 5.41) is 0. The molecule has 1 fully saturated rings. The molecule has 1 aliphatic carbocycles. The number of hydrogen-bond donors (Lipinski definition) is 2. The zero-order valence-electron chi connectivity index (χ0n) is 11.7. The lowest BCUT2D eigenvalue weighted by atomic mass is 10.0. The van der Waals surface area contributed by atoms with Crippen LogP contribution in [0.4, 0.5) is 0 Å². The Morgan fingerprint density at radius 1 is 0.941 bits per heavy atom. The maximum absolute atomic E-state index is 5.57. The van der Waals surface area contributed by atoms with Gasteiger partial charge in [0, 0.05) is 6.04 Å². The van der Waals surface area contributed by atoms with E-state index in [0.717, 1.165) is 5.92 Å². The highest BCUT2D eigenvalue weighted by Gasteiger charge is 2.29. The van der Waals surface area contributed by atoms with E-state index >= 15 is 0 Å². The van der Waals surface area contributed by atoms with E-state index < -0.39 is 0 Å². The molecule has 2 nitrogen and oxygen atoms in total. The summed E-state index contributed by atoms with van der Waals surface area (Å²) in [7, 11) is 0. The molecule has 0 aromatic heterocycles.